The highest BCUT2D eigenvalue weighted by Gasteiger charge is 2.07. The Hall–Kier alpha value is -1.76. The first-order valence-electron chi connectivity index (χ1n) is 5.20. The molecule has 2 heterocycles. The van der Waals surface area contributed by atoms with Crippen molar-refractivity contribution in [2.75, 3.05) is 29.1 Å². The molecule has 6 nitrogen and oxygen atoms in total. The number of imidazole rings is 1. The third kappa shape index (κ3) is 2.88. The van der Waals surface area contributed by atoms with E-state index in [1.54, 1.807) is 18.1 Å². The molecule has 0 amide bonds. The number of nitrogen functional groups attached to an aromatic ring is 1. The molecule has 0 saturated heterocycles. The van der Waals surface area contributed by atoms with E-state index in [9.17, 15) is 0 Å². The van der Waals surface area contributed by atoms with Crippen molar-refractivity contribution < 1.29 is 0 Å². The van der Waals surface area contributed by atoms with E-state index in [0.29, 0.717) is 11.5 Å². The Morgan fingerprint density at radius 1 is 1.53 bits per heavy atom. The van der Waals surface area contributed by atoms with Crippen LogP contribution in [0.15, 0.2) is 19.0 Å². The Labute approximate surface area is 103 Å². The highest BCUT2D eigenvalue weighted by molar-refractivity contribution is 7.99. The summed E-state index contributed by atoms with van der Waals surface area (Å²) in [4.78, 5) is 15.2. The van der Waals surface area contributed by atoms with Gasteiger partial charge in [0, 0.05) is 18.1 Å². The molecule has 17 heavy (non-hydrogen) atoms. The molecule has 0 aromatic carbocycles. The van der Waals surface area contributed by atoms with Crippen LogP contribution in [-0.4, -0.2) is 38.0 Å². The van der Waals surface area contributed by atoms with Crippen molar-refractivity contribution in [3.8, 4) is 0 Å². The van der Waals surface area contributed by atoms with Gasteiger partial charge < -0.3 is 16.0 Å². The number of thioether (sulfide) groups is 1. The lowest BCUT2D eigenvalue weighted by atomic mass is 10.5. The molecule has 0 aliphatic carbocycles. The van der Waals surface area contributed by atoms with Crippen LogP contribution in [0, 0.1) is 0 Å². The van der Waals surface area contributed by atoms with Gasteiger partial charge in [0.1, 0.15) is 5.52 Å². The minimum atomic E-state index is 0.228. The standard InChI is InChI=1S/C10H14N6S/c1-2-4-17-5-3-12-8-7-9(14-6-13-7)16-10(11)15-8/h2,6H,1,3-5H2,(H4,11,12,13,14,15,16). The van der Waals surface area contributed by atoms with Crippen LogP contribution in [0.1, 0.15) is 0 Å². The zero-order valence-corrected chi connectivity index (χ0v) is 10.1. The average Bonchev–Trinajstić information content (AvgIpc) is 2.76. The molecule has 0 aliphatic heterocycles. The van der Waals surface area contributed by atoms with Crippen molar-refractivity contribution in [1.82, 2.24) is 19.9 Å². The summed E-state index contributed by atoms with van der Waals surface area (Å²) in [6.07, 6.45) is 3.47. The number of rotatable bonds is 6. The number of aromatic amines is 1. The fraction of sp³-hybridized carbons (Fsp3) is 0.300. The lowest BCUT2D eigenvalue weighted by molar-refractivity contribution is 1.15. The molecule has 90 valence electrons. The van der Waals surface area contributed by atoms with Gasteiger partial charge in [-0.2, -0.15) is 21.7 Å². The molecule has 4 N–H and O–H groups in total. The van der Waals surface area contributed by atoms with Crippen molar-refractivity contribution >= 4 is 34.7 Å². The first-order valence-corrected chi connectivity index (χ1v) is 6.36. The van der Waals surface area contributed by atoms with Crippen molar-refractivity contribution in [3.05, 3.63) is 19.0 Å². The first-order chi connectivity index (χ1) is 8.31. The predicted octanol–water partition coefficient (Wildman–Crippen LogP) is 1.27. The maximum absolute atomic E-state index is 5.60. The SMILES string of the molecule is C=CCSCCNc1nc(N)nc2nc[nH]c12. The number of nitrogens with two attached hydrogens (primary N) is 1. The van der Waals surface area contributed by atoms with Gasteiger partial charge in [0.05, 0.1) is 6.33 Å². The van der Waals surface area contributed by atoms with Crippen LogP contribution in [-0.2, 0) is 0 Å². The quantitative estimate of drug-likeness (QED) is 0.528. The Bertz CT molecular complexity index is 508. The monoisotopic (exact) mass is 250 g/mol. The molecule has 2 rings (SSSR count). The van der Waals surface area contributed by atoms with Crippen LogP contribution < -0.4 is 11.1 Å². The van der Waals surface area contributed by atoms with Crippen LogP contribution >= 0.6 is 11.8 Å². The molecule has 0 unspecified atom stereocenters. The smallest absolute Gasteiger partial charge is 0.224 e. The van der Waals surface area contributed by atoms with Gasteiger partial charge in [-0.1, -0.05) is 6.08 Å². The normalized spacial score (nSPS) is 10.6. The molecule has 2 aromatic rings. The number of hydrogen-bond acceptors (Lipinski definition) is 6. The average molecular weight is 250 g/mol. The molecular weight excluding hydrogens is 236 g/mol. The minimum absolute atomic E-state index is 0.228. The van der Waals surface area contributed by atoms with Gasteiger partial charge in [-0.15, -0.1) is 6.58 Å². The lowest BCUT2D eigenvalue weighted by Gasteiger charge is -2.06. The molecule has 2 aromatic heterocycles. The van der Waals surface area contributed by atoms with E-state index < -0.39 is 0 Å². The summed E-state index contributed by atoms with van der Waals surface area (Å²) in [6.45, 7) is 4.48. The summed E-state index contributed by atoms with van der Waals surface area (Å²) >= 11 is 1.80. The highest BCUT2D eigenvalue weighted by atomic mass is 32.2. The number of nitrogens with zero attached hydrogens (tertiary/aromatic N) is 3. The minimum Gasteiger partial charge on any atom is -0.368 e. The molecular formula is C10H14N6S. The second kappa shape index (κ2) is 5.53. The van der Waals surface area contributed by atoms with Crippen LogP contribution in [0.2, 0.25) is 0 Å². The topological polar surface area (TPSA) is 92.5 Å². The first kappa shape index (κ1) is 11.7. The molecule has 0 saturated carbocycles. The van der Waals surface area contributed by atoms with Gasteiger partial charge in [0.2, 0.25) is 5.95 Å². The van der Waals surface area contributed by atoms with E-state index >= 15 is 0 Å². The van der Waals surface area contributed by atoms with Gasteiger partial charge in [0.25, 0.3) is 0 Å². The molecule has 0 radical (unpaired) electrons. The van der Waals surface area contributed by atoms with E-state index in [2.05, 4.69) is 31.8 Å². The fourth-order valence-electron chi connectivity index (χ4n) is 1.39. The molecule has 0 fully saturated rings. The Morgan fingerprint density at radius 2 is 2.41 bits per heavy atom. The zero-order valence-electron chi connectivity index (χ0n) is 9.31. The third-order valence-electron chi connectivity index (χ3n) is 2.08. The summed E-state index contributed by atoms with van der Waals surface area (Å²) in [6, 6.07) is 0. The van der Waals surface area contributed by atoms with E-state index in [1.165, 1.54) is 0 Å². The van der Waals surface area contributed by atoms with Crippen molar-refractivity contribution in [2.45, 2.75) is 0 Å². The van der Waals surface area contributed by atoms with E-state index in [1.807, 2.05) is 6.08 Å². The van der Waals surface area contributed by atoms with Crippen LogP contribution in [0.4, 0.5) is 11.8 Å². The van der Waals surface area contributed by atoms with Crippen LogP contribution in [0.5, 0.6) is 0 Å². The summed E-state index contributed by atoms with van der Waals surface area (Å²) in [5.41, 5.74) is 6.97. The maximum atomic E-state index is 5.60. The number of hydrogen-bond donors (Lipinski definition) is 3. The maximum Gasteiger partial charge on any atom is 0.224 e. The predicted molar refractivity (Wildman–Crippen MR) is 72.1 cm³/mol. The van der Waals surface area contributed by atoms with Crippen molar-refractivity contribution in [1.29, 1.82) is 0 Å². The Morgan fingerprint density at radius 3 is 3.24 bits per heavy atom. The molecule has 0 spiro atoms. The molecule has 0 atom stereocenters. The summed E-state index contributed by atoms with van der Waals surface area (Å²) in [7, 11) is 0. The molecule has 7 heteroatoms. The number of nitrogens with one attached hydrogen (secondary N) is 2. The molecule has 0 aliphatic rings. The summed E-state index contributed by atoms with van der Waals surface area (Å²) in [5, 5.41) is 3.22. The second-order valence-electron chi connectivity index (χ2n) is 3.32. The van der Waals surface area contributed by atoms with Crippen LogP contribution in [0.3, 0.4) is 0 Å². The zero-order chi connectivity index (χ0) is 12.1. The van der Waals surface area contributed by atoms with Crippen molar-refractivity contribution in [3.63, 3.8) is 0 Å². The summed E-state index contributed by atoms with van der Waals surface area (Å²) in [5.74, 6) is 2.86. The number of fused-ring (bicyclic) bond motifs is 1. The van der Waals surface area contributed by atoms with Gasteiger partial charge >= 0.3 is 0 Å². The van der Waals surface area contributed by atoms with E-state index in [0.717, 1.165) is 23.6 Å². The van der Waals surface area contributed by atoms with Gasteiger partial charge in [-0.25, -0.2) is 4.98 Å². The Kier molecular flexibility index (Phi) is 3.81. The number of anilines is 2. The van der Waals surface area contributed by atoms with E-state index in [-0.39, 0.29) is 5.95 Å². The Balaban J connectivity index is 2.02. The highest BCUT2D eigenvalue weighted by Crippen LogP contribution is 2.17. The van der Waals surface area contributed by atoms with Gasteiger partial charge in [0.15, 0.2) is 11.5 Å². The number of H-pyrrole nitrogens is 1. The second-order valence-corrected chi connectivity index (χ2v) is 4.47. The largest absolute Gasteiger partial charge is 0.368 e. The van der Waals surface area contributed by atoms with Gasteiger partial charge in [-0.3, -0.25) is 0 Å². The fourth-order valence-corrected chi connectivity index (χ4v) is 1.97. The van der Waals surface area contributed by atoms with Crippen molar-refractivity contribution in [2.24, 2.45) is 0 Å². The van der Waals surface area contributed by atoms with E-state index in [4.69, 9.17) is 5.73 Å². The van der Waals surface area contributed by atoms with Gasteiger partial charge in [-0.05, 0) is 0 Å². The molecule has 0 bridgehead atoms. The number of aromatic nitrogens is 4. The third-order valence-corrected chi connectivity index (χ3v) is 3.04. The summed E-state index contributed by atoms with van der Waals surface area (Å²) < 4.78 is 0. The lowest BCUT2D eigenvalue weighted by Crippen LogP contribution is -2.08. The van der Waals surface area contributed by atoms with Crippen LogP contribution in [0.25, 0.3) is 11.2 Å².